The molecule has 2 aromatic carbocycles. The van der Waals surface area contributed by atoms with Crippen molar-refractivity contribution >= 4 is 11.9 Å². The van der Waals surface area contributed by atoms with Gasteiger partial charge < -0.3 is 19.9 Å². The maximum Gasteiger partial charge on any atom is 0.336 e. The molecule has 0 saturated carbocycles. The Labute approximate surface area is 163 Å². The number of carboxylic acids is 1. The normalized spacial score (nSPS) is 24.2. The Morgan fingerprint density at radius 2 is 1.68 bits per heavy atom. The van der Waals surface area contributed by atoms with Crippen molar-refractivity contribution in [2.75, 3.05) is 19.8 Å². The number of nitrogens with one attached hydrogen (secondary N) is 1. The second-order valence-corrected chi connectivity index (χ2v) is 7.39. The van der Waals surface area contributed by atoms with Gasteiger partial charge in [0.05, 0.1) is 17.8 Å². The minimum Gasteiger partial charge on any atom is -0.478 e. The van der Waals surface area contributed by atoms with Gasteiger partial charge in [0.1, 0.15) is 0 Å². The first-order valence-electron chi connectivity index (χ1n) is 9.52. The van der Waals surface area contributed by atoms with Crippen molar-refractivity contribution in [1.29, 1.82) is 0 Å². The molecular formula is C22H23NO5. The summed E-state index contributed by atoms with van der Waals surface area (Å²) < 4.78 is 11.4. The van der Waals surface area contributed by atoms with Gasteiger partial charge in [-0.1, -0.05) is 36.4 Å². The van der Waals surface area contributed by atoms with Crippen molar-refractivity contribution in [3.05, 3.63) is 59.7 Å². The lowest BCUT2D eigenvalue weighted by Crippen LogP contribution is -2.49. The molecule has 0 aromatic heterocycles. The number of carbonyl (C=O) groups excluding carboxylic acids is 1. The van der Waals surface area contributed by atoms with Crippen LogP contribution in [0.15, 0.2) is 48.5 Å². The van der Waals surface area contributed by atoms with E-state index in [0.29, 0.717) is 36.5 Å². The highest BCUT2D eigenvalue weighted by molar-refractivity contribution is 6.04. The fourth-order valence-electron chi connectivity index (χ4n) is 4.10. The molecule has 28 heavy (non-hydrogen) atoms. The lowest BCUT2D eigenvalue weighted by molar-refractivity contribution is -0.0881. The number of hydrogen-bond donors (Lipinski definition) is 2. The van der Waals surface area contributed by atoms with Crippen molar-refractivity contribution < 1.29 is 24.2 Å². The first kappa shape index (κ1) is 18.7. The van der Waals surface area contributed by atoms with Crippen LogP contribution < -0.4 is 5.32 Å². The minimum atomic E-state index is -1.02. The summed E-state index contributed by atoms with van der Waals surface area (Å²) in [5.41, 5.74) is 1.51. The van der Waals surface area contributed by atoms with Crippen molar-refractivity contribution in [3.8, 4) is 11.1 Å². The molecular weight excluding hydrogens is 358 g/mol. The van der Waals surface area contributed by atoms with Gasteiger partial charge in [-0.2, -0.15) is 0 Å². The Balaban J connectivity index is 1.59. The third-order valence-corrected chi connectivity index (χ3v) is 5.51. The molecule has 2 unspecified atom stereocenters. The number of ether oxygens (including phenoxy) is 2. The van der Waals surface area contributed by atoms with Crippen molar-refractivity contribution in [1.82, 2.24) is 5.32 Å². The van der Waals surface area contributed by atoms with Crippen LogP contribution in [-0.2, 0) is 9.47 Å². The highest BCUT2D eigenvalue weighted by Crippen LogP contribution is 2.33. The van der Waals surface area contributed by atoms with Gasteiger partial charge in [-0.3, -0.25) is 4.79 Å². The lowest BCUT2D eigenvalue weighted by Gasteiger charge is -2.37. The van der Waals surface area contributed by atoms with Gasteiger partial charge in [-0.05, 0) is 36.1 Å². The van der Waals surface area contributed by atoms with Crippen LogP contribution in [0, 0.1) is 0 Å². The van der Waals surface area contributed by atoms with Crippen LogP contribution >= 0.6 is 0 Å². The predicted octanol–water partition coefficient (Wildman–Crippen LogP) is 3.12. The molecule has 0 radical (unpaired) electrons. The summed E-state index contributed by atoms with van der Waals surface area (Å²) in [6, 6.07) is 13.9. The van der Waals surface area contributed by atoms with E-state index in [9.17, 15) is 14.7 Å². The van der Waals surface area contributed by atoms with Crippen LogP contribution in [0.25, 0.3) is 11.1 Å². The number of hydrogen-bond acceptors (Lipinski definition) is 4. The molecule has 1 amide bonds. The van der Waals surface area contributed by atoms with Crippen LogP contribution in [0.4, 0.5) is 0 Å². The molecule has 2 aliphatic heterocycles. The van der Waals surface area contributed by atoms with Crippen LogP contribution in [0.2, 0.25) is 0 Å². The van der Waals surface area contributed by atoms with Gasteiger partial charge in [0.25, 0.3) is 5.91 Å². The minimum absolute atomic E-state index is 0.00530. The molecule has 0 aliphatic carbocycles. The maximum atomic E-state index is 13.1. The van der Waals surface area contributed by atoms with Gasteiger partial charge in [-0.15, -0.1) is 0 Å². The fourth-order valence-corrected chi connectivity index (χ4v) is 4.10. The molecule has 2 atom stereocenters. The Bertz CT molecular complexity index is 888. The molecule has 2 aliphatic rings. The predicted molar refractivity (Wildman–Crippen MR) is 103 cm³/mol. The standard InChI is InChI=1S/C22H23NO5/c24-20(23-15-9-11-28-22(13-15)10-12-27-14-22)18-7-3-1-5-16(18)17-6-2-4-8-19(17)21(25)26/h1-8,15H,9-14H2,(H,23,24)(H,25,26). The van der Waals surface area contributed by atoms with Gasteiger partial charge in [-0.25, -0.2) is 4.79 Å². The molecule has 2 aromatic rings. The third-order valence-electron chi connectivity index (χ3n) is 5.51. The van der Waals surface area contributed by atoms with E-state index in [1.54, 1.807) is 42.5 Å². The lowest BCUT2D eigenvalue weighted by atomic mass is 9.89. The summed E-state index contributed by atoms with van der Waals surface area (Å²) in [6.45, 7) is 1.86. The van der Waals surface area contributed by atoms with Crippen LogP contribution in [0.1, 0.15) is 40.0 Å². The summed E-state index contributed by atoms with van der Waals surface area (Å²) in [5, 5.41) is 12.6. The van der Waals surface area contributed by atoms with E-state index in [1.807, 2.05) is 6.07 Å². The first-order valence-corrected chi connectivity index (χ1v) is 9.52. The van der Waals surface area contributed by atoms with Crippen LogP contribution in [0.3, 0.4) is 0 Å². The first-order chi connectivity index (χ1) is 13.6. The molecule has 2 fully saturated rings. The monoisotopic (exact) mass is 381 g/mol. The maximum absolute atomic E-state index is 13.1. The molecule has 1 spiro atoms. The van der Waals surface area contributed by atoms with E-state index in [4.69, 9.17) is 9.47 Å². The van der Waals surface area contributed by atoms with E-state index in [0.717, 1.165) is 19.3 Å². The molecule has 2 N–H and O–H groups in total. The zero-order chi connectivity index (χ0) is 19.6. The molecule has 2 saturated heterocycles. The Morgan fingerprint density at radius 3 is 2.36 bits per heavy atom. The molecule has 6 nitrogen and oxygen atoms in total. The quantitative estimate of drug-likeness (QED) is 0.850. The van der Waals surface area contributed by atoms with E-state index >= 15 is 0 Å². The second kappa shape index (κ2) is 7.73. The van der Waals surface area contributed by atoms with Crippen LogP contribution in [0.5, 0.6) is 0 Å². The molecule has 146 valence electrons. The van der Waals surface area contributed by atoms with Crippen molar-refractivity contribution in [2.45, 2.75) is 30.9 Å². The zero-order valence-electron chi connectivity index (χ0n) is 15.5. The van der Waals surface area contributed by atoms with Gasteiger partial charge in [0.15, 0.2) is 0 Å². The van der Waals surface area contributed by atoms with E-state index in [-0.39, 0.29) is 23.1 Å². The zero-order valence-corrected chi connectivity index (χ0v) is 15.5. The number of benzene rings is 2. The van der Waals surface area contributed by atoms with E-state index < -0.39 is 5.97 Å². The summed E-state index contributed by atoms with van der Waals surface area (Å²) in [4.78, 5) is 24.7. The van der Waals surface area contributed by atoms with Crippen molar-refractivity contribution in [2.24, 2.45) is 0 Å². The molecule has 4 rings (SSSR count). The summed E-state index contributed by atoms with van der Waals surface area (Å²) in [5.74, 6) is -1.21. The Kier molecular flexibility index (Phi) is 5.15. The number of rotatable bonds is 4. The van der Waals surface area contributed by atoms with E-state index in [1.165, 1.54) is 0 Å². The smallest absolute Gasteiger partial charge is 0.336 e. The number of carbonyl (C=O) groups is 2. The SMILES string of the molecule is O=C(O)c1ccccc1-c1ccccc1C(=O)NC1CCOC2(CCOC2)C1. The van der Waals surface area contributed by atoms with Crippen molar-refractivity contribution in [3.63, 3.8) is 0 Å². The Morgan fingerprint density at radius 1 is 1.00 bits per heavy atom. The van der Waals surface area contributed by atoms with E-state index in [2.05, 4.69) is 5.32 Å². The number of carboxylic acid groups (broad SMARTS) is 1. The summed E-state index contributed by atoms with van der Waals surface area (Å²) in [6.07, 6.45) is 2.33. The third kappa shape index (κ3) is 3.66. The molecule has 2 heterocycles. The van der Waals surface area contributed by atoms with Gasteiger partial charge in [0.2, 0.25) is 0 Å². The summed E-state index contributed by atoms with van der Waals surface area (Å²) >= 11 is 0. The van der Waals surface area contributed by atoms with Gasteiger partial charge in [0, 0.05) is 31.2 Å². The topological polar surface area (TPSA) is 84.9 Å². The highest BCUT2D eigenvalue weighted by Gasteiger charge is 2.41. The van der Waals surface area contributed by atoms with Gasteiger partial charge >= 0.3 is 5.97 Å². The molecule has 0 bridgehead atoms. The second-order valence-electron chi connectivity index (χ2n) is 7.39. The average Bonchev–Trinajstić information content (AvgIpc) is 3.15. The Hall–Kier alpha value is -2.70. The molecule has 6 heteroatoms. The largest absolute Gasteiger partial charge is 0.478 e. The average molecular weight is 381 g/mol. The fraction of sp³-hybridized carbons (Fsp3) is 0.364. The van der Waals surface area contributed by atoms with Crippen LogP contribution in [-0.4, -0.2) is 48.4 Å². The number of amides is 1. The highest BCUT2D eigenvalue weighted by atomic mass is 16.6. The number of aromatic carboxylic acids is 1. The summed E-state index contributed by atoms with van der Waals surface area (Å²) in [7, 11) is 0.